The number of rotatable bonds is 3. The van der Waals surface area contributed by atoms with Crippen LogP contribution >= 0.6 is 0 Å². The number of furan rings is 1. The Morgan fingerprint density at radius 2 is 1.45 bits per heavy atom. The normalized spacial score (nSPS) is 18.6. The summed E-state index contributed by atoms with van der Waals surface area (Å²) in [6.07, 6.45) is 2.27. The van der Waals surface area contributed by atoms with E-state index in [1.165, 1.54) is 12.0 Å². The number of benzene rings is 1. The van der Waals surface area contributed by atoms with Crippen LogP contribution in [-0.2, 0) is 0 Å². The van der Waals surface area contributed by atoms with E-state index in [0.29, 0.717) is 37.5 Å². The molecule has 1 aromatic heterocycles. The number of hydrogen-bond donors (Lipinski definition) is 0. The van der Waals surface area contributed by atoms with Crippen molar-refractivity contribution in [3.05, 3.63) is 54.0 Å². The van der Waals surface area contributed by atoms with E-state index in [9.17, 15) is 9.59 Å². The van der Waals surface area contributed by atoms with Crippen LogP contribution in [0.15, 0.2) is 47.1 Å². The average Bonchev–Trinajstić information content (AvgIpc) is 3.18. The zero-order valence-corrected chi connectivity index (χ0v) is 16.9. The van der Waals surface area contributed by atoms with Crippen LogP contribution in [0.3, 0.4) is 0 Å². The number of nitrogens with zero attached hydrogens (tertiary/aromatic N) is 4. The molecule has 1 aromatic carbocycles. The highest BCUT2D eigenvalue weighted by molar-refractivity contribution is 5.95. The molecule has 3 heterocycles. The second kappa shape index (κ2) is 8.69. The maximum absolute atomic E-state index is 13.0. The van der Waals surface area contributed by atoms with E-state index in [0.717, 1.165) is 32.6 Å². The fraction of sp³-hybridized carbons (Fsp3) is 0.455. The lowest BCUT2D eigenvalue weighted by Crippen LogP contribution is -2.44. The third kappa shape index (κ3) is 4.45. The Balaban J connectivity index is 1.36. The minimum Gasteiger partial charge on any atom is -0.459 e. The Bertz CT molecular complexity index is 826. The summed E-state index contributed by atoms with van der Waals surface area (Å²) in [7, 11) is 2.14. The maximum atomic E-state index is 13.0. The van der Waals surface area contributed by atoms with Crippen LogP contribution in [0.5, 0.6) is 0 Å². The first-order valence-electron chi connectivity index (χ1n) is 10.3. The lowest BCUT2D eigenvalue weighted by atomic mass is 10.1. The molecule has 4 rings (SSSR count). The summed E-state index contributed by atoms with van der Waals surface area (Å²) in [5.41, 5.74) is 1.87. The Hall–Kier alpha value is -2.80. The number of hydrogen-bond acceptors (Lipinski definition) is 5. The van der Waals surface area contributed by atoms with E-state index in [1.54, 1.807) is 17.0 Å². The molecule has 2 fully saturated rings. The monoisotopic (exact) mass is 396 g/mol. The third-order valence-corrected chi connectivity index (χ3v) is 5.78. The molecule has 2 aliphatic heterocycles. The minimum atomic E-state index is -0.110. The quantitative estimate of drug-likeness (QED) is 0.795. The molecule has 0 unspecified atom stereocenters. The summed E-state index contributed by atoms with van der Waals surface area (Å²) in [4.78, 5) is 33.8. The highest BCUT2D eigenvalue weighted by Crippen LogP contribution is 2.19. The van der Waals surface area contributed by atoms with Gasteiger partial charge in [-0.15, -0.1) is 0 Å². The van der Waals surface area contributed by atoms with E-state index in [2.05, 4.69) is 16.8 Å². The van der Waals surface area contributed by atoms with Crippen LogP contribution in [0.2, 0.25) is 0 Å². The van der Waals surface area contributed by atoms with Crippen molar-refractivity contribution in [1.82, 2.24) is 14.7 Å². The predicted octanol–water partition coefficient (Wildman–Crippen LogP) is 2.02. The summed E-state index contributed by atoms with van der Waals surface area (Å²) >= 11 is 0. The molecule has 0 aliphatic carbocycles. The van der Waals surface area contributed by atoms with Crippen molar-refractivity contribution < 1.29 is 14.0 Å². The molecule has 7 heteroatoms. The first-order valence-corrected chi connectivity index (χ1v) is 10.3. The van der Waals surface area contributed by atoms with Gasteiger partial charge in [0.25, 0.3) is 11.8 Å². The molecular formula is C22H28N4O3. The second-order valence-corrected chi connectivity index (χ2v) is 7.75. The van der Waals surface area contributed by atoms with Gasteiger partial charge in [-0.1, -0.05) is 0 Å². The number of carbonyl (C=O) groups excluding carboxylic acids is 2. The van der Waals surface area contributed by atoms with Crippen LogP contribution in [0.25, 0.3) is 0 Å². The number of anilines is 1. The predicted molar refractivity (Wildman–Crippen MR) is 111 cm³/mol. The second-order valence-electron chi connectivity index (χ2n) is 7.75. The maximum Gasteiger partial charge on any atom is 0.289 e. The van der Waals surface area contributed by atoms with E-state index in [1.807, 2.05) is 29.2 Å². The Morgan fingerprint density at radius 1 is 0.793 bits per heavy atom. The molecule has 0 N–H and O–H groups in total. The minimum absolute atomic E-state index is 0.0298. The van der Waals surface area contributed by atoms with Gasteiger partial charge in [0.15, 0.2) is 5.76 Å². The Morgan fingerprint density at radius 3 is 2.07 bits per heavy atom. The average molecular weight is 396 g/mol. The van der Waals surface area contributed by atoms with Crippen molar-refractivity contribution in [2.45, 2.75) is 6.42 Å². The van der Waals surface area contributed by atoms with E-state index >= 15 is 0 Å². The van der Waals surface area contributed by atoms with Crippen molar-refractivity contribution in [1.29, 1.82) is 0 Å². The zero-order chi connectivity index (χ0) is 20.2. The highest BCUT2D eigenvalue weighted by Gasteiger charge is 2.25. The molecular weight excluding hydrogens is 368 g/mol. The van der Waals surface area contributed by atoms with Gasteiger partial charge < -0.3 is 24.0 Å². The van der Waals surface area contributed by atoms with Gasteiger partial charge >= 0.3 is 0 Å². The lowest BCUT2D eigenvalue weighted by molar-refractivity contribution is 0.0700. The molecule has 29 heavy (non-hydrogen) atoms. The molecule has 2 aromatic rings. The SMILES string of the molecule is CN1CCN(c2ccc(C(=O)N3CCCN(C(=O)c4ccco4)CC3)cc2)CC1. The van der Waals surface area contributed by atoms with Gasteiger partial charge in [-0.2, -0.15) is 0 Å². The molecule has 7 nitrogen and oxygen atoms in total. The van der Waals surface area contributed by atoms with Crippen LogP contribution in [0, 0.1) is 0 Å². The smallest absolute Gasteiger partial charge is 0.289 e. The first-order chi connectivity index (χ1) is 14.1. The van der Waals surface area contributed by atoms with Crippen molar-refractivity contribution in [2.24, 2.45) is 0 Å². The van der Waals surface area contributed by atoms with Gasteiger partial charge in [0.05, 0.1) is 6.26 Å². The molecule has 2 amide bonds. The van der Waals surface area contributed by atoms with Gasteiger partial charge in [-0.3, -0.25) is 9.59 Å². The molecule has 2 saturated heterocycles. The number of amides is 2. The molecule has 154 valence electrons. The highest BCUT2D eigenvalue weighted by atomic mass is 16.3. The number of carbonyl (C=O) groups is 2. The van der Waals surface area contributed by atoms with Crippen LogP contribution in [0.4, 0.5) is 5.69 Å². The molecule has 2 aliphatic rings. The lowest BCUT2D eigenvalue weighted by Gasteiger charge is -2.34. The zero-order valence-electron chi connectivity index (χ0n) is 16.9. The summed E-state index contributed by atoms with van der Waals surface area (Å²) in [5, 5.41) is 0. The molecule has 0 radical (unpaired) electrons. The summed E-state index contributed by atoms with van der Waals surface area (Å²) in [6, 6.07) is 11.3. The molecule has 0 spiro atoms. The van der Waals surface area contributed by atoms with Gasteiger partial charge in [0.2, 0.25) is 0 Å². The fourth-order valence-corrected chi connectivity index (χ4v) is 3.94. The van der Waals surface area contributed by atoms with Crippen molar-refractivity contribution >= 4 is 17.5 Å². The summed E-state index contributed by atoms with van der Waals surface area (Å²) in [6.45, 7) is 6.47. The van der Waals surface area contributed by atoms with Crippen molar-refractivity contribution in [3.63, 3.8) is 0 Å². The Kier molecular flexibility index (Phi) is 5.85. The van der Waals surface area contributed by atoms with Crippen molar-refractivity contribution in [3.8, 4) is 0 Å². The molecule has 0 atom stereocenters. The molecule has 0 saturated carbocycles. The fourth-order valence-electron chi connectivity index (χ4n) is 3.94. The topological polar surface area (TPSA) is 60.2 Å². The van der Waals surface area contributed by atoms with E-state index in [4.69, 9.17) is 4.42 Å². The Labute approximate surface area is 171 Å². The van der Waals surface area contributed by atoms with Crippen molar-refractivity contribution in [2.75, 3.05) is 64.3 Å². The van der Waals surface area contributed by atoms with Crippen LogP contribution < -0.4 is 4.90 Å². The first kappa shape index (κ1) is 19.5. The standard InChI is InChI=1S/C22H28N4O3/c1-23-11-13-24(14-12-23)19-7-5-18(6-8-19)21(27)25-9-3-10-26(16-15-25)22(28)20-4-2-17-29-20/h2,4-8,17H,3,9-16H2,1H3. The molecule has 0 bridgehead atoms. The summed E-state index contributed by atoms with van der Waals surface area (Å²) < 4.78 is 5.22. The number of likely N-dealkylation sites (N-methyl/N-ethyl adjacent to an activating group) is 1. The third-order valence-electron chi connectivity index (χ3n) is 5.78. The summed E-state index contributed by atoms with van der Waals surface area (Å²) in [5.74, 6) is 0.271. The largest absolute Gasteiger partial charge is 0.459 e. The van der Waals surface area contributed by atoms with Gasteiger partial charge in [0, 0.05) is 63.6 Å². The van der Waals surface area contributed by atoms with Crippen LogP contribution in [-0.4, -0.2) is 85.9 Å². The van der Waals surface area contributed by atoms with E-state index < -0.39 is 0 Å². The van der Waals surface area contributed by atoms with Gasteiger partial charge in [-0.05, 0) is 49.9 Å². The van der Waals surface area contributed by atoms with Crippen LogP contribution in [0.1, 0.15) is 27.3 Å². The van der Waals surface area contributed by atoms with Gasteiger partial charge in [0.1, 0.15) is 0 Å². The van der Waals surface area contributed by atoms with E-state index in [-0.39, 0.29) is 11.8 Å². The number of piperazine rings is 1. The van der Waals surface area contributed by atoms with Gasteiger partial charge in [-0.25, -0.2) is 0 Å².